The zero-order valence-electron chi connectivity index (χ0n) is 11.8. The maximum Gasteiger partial charge on any atom is 0.0545 e. The molecule has 3 rings (SSSR count). The Kier molecular flexibility index (Phi) is 5.23. The summed E-state index contributed by atoms with van der Waals surface area (Å²) in [6.45, 7) is 3.72. The fraction of sp³-hybridized carbons (Fsp3) is 0.333. The van der Waals surface area contributed by atoms with Gasteiger partial charge in [-0.15, -0.1) is 0 Å². The monoisotopic (exact) mass is 281 g/mol. The zero-order valence-corrected chi connectivity index (χ0v) is 11.8. The third kappa shape index (κ3) is 4.23. The molecule has 2 aromatic rings. The van der Waals surface area contributed by atoms with E-state index in [4.69, 9.17) is 4.98 Å². The van der Waals surface area contributed by atoms with Crippen LogP contribution in [0.5, 0.6) is 0 Å². The topological polar surface area (TPSA) is 37.8 Å². The van der Waals surface area contributed by atoms with Gasteiger partial charge in [0.1, 0.15) is 0 Å². The maximum absolute atomic E-state index is 4.70. The fourth-order valence-electron chi connectivity index (χ4n) is 2.42. The maximum atomic E-state index is 4.70. The Labute approximate surface area is 127 Å². The lowest BCUT2D eigenvalue weighted by molar-refractivity contribution is 0.663. The second-order valence-electron chi connectivity index (χ2n) is 5.28. The predicted molar refractivity (Wildman–Crippen MR) is 86.9 cm³/mol. The van der Waals surface area contributed by atoms with Crippen LogP contribution in [-0.2, 0) is 25.9 Å². The van der Waals surface area contributed by atoms with E-state index in [0.717, 1.165) is 48.7 Å². The van der Waals surface area contributed by atoms with Gasteiger partial charge in [0.15, 0.2) is 0 Å². The van der Waals surface area contributed by atoms with Crippen LogP contribution in [0.15, 0.2) is 48.0 Å². The number of nitrogens with zero attached hydrogens (tertiary/aromatic N) is 2. The smallest absolute Gasteiger partial charge is 0.0545 e. The SMILES string of the molecule is C.CC1=CCc2cccc(n2)CNCc2cccc(n2)C1. The Morgan fingerprint density at radius 3 is 2.14 bits per heavy atom. The summed E-state index contributed by atoms with van der Waals surface area (Å²) in [7, 11) is 0. The summed E-state index contributed by atoms with van der Waals surface area (Å²) in [6, 6.07) is 12.5. The molecule has 3 heteroatoms. The minimum absolute atomic E-state index is 0. The second kappa shape index (κ2) is 7.14. The quantitative estimate of drug-likeness (QED) is 0.752. The standard InChI is InChI=1S/C17H19N3.CH4/c1-13-8-9-14-4-2-6-16(19-14)11-18-12-17-7-3-5-15(10-13)20-17;/h2-8,18H,9-12H2,1H3;1H4. The first-order chi connectivity index (χ1) is 9.79. The van der Waals surface area contributed by atoms with Gasteiger partial charge in [-0.05, 0) is 31.2 Å². The van der Waals surface area contributed by atoms with Crippen molar-refractivity contribution in [2.24, 2.45) is 0 Å². The number of hydrogen-bond donors (Lipinski definition) is 1. The van der Waals surface area contributed by atoms with Crippen molar-refractivity contribution < 1.29 is 0 Å². The molecule has 110 valence electrons. The minimum atomic E-state index is 0. The summed E-state index contributed by atoms with van der Waals surface area (Å²) in [5, 5.41) is 3.41. The molecule has 3 nitrogen and oxygen atoms in total. The van der Waals surface area contributed by atoms with Crippen LogP contribution in [0, 0.1) is 0 Å². The summed E-state index contributed by atoms with van der Waals surface area (Å²) in [6.07, 6.45) is 4.05. The fourth-order valence-corrected chi connectivity index (χ4v) is 2.42. The van der Waals surface area contributed by atoms with Crippen molar-refractivity contribution >= 4 is 0 Å². The molecule has 0 radical (unpaired) electrons. The van der Waals surface area contributed by atoms with Crippen molar-refractivity contribution in [3.8, 4) is 0 Å². The third-order valence-electron chi connectivity index (χ3n) is 3.46. The van der Waals surface area contributed by atoms with E-state index in [0.29, 0.717) is 0 Å². The summed E-state index contributed by atoms with van der Waals surface area (Å²) >= 11 is 0. The number of fused-ring (bicyclic) bond motifs is 4. The molecule has 1 aliphatic rings. The van der Waals surface area contributed by atoms with Crippen molar-refractivity contribution in [3.63, 3.8) is 0 Å². The highest BCUT2D eigenvalue weighted by atomic mass is 14.9. The van der Waals surface area contributed by atoms with E-state index in [1.807, 2.05) is 0 Å². The average molecular weight is 281 g/mol. The molecular weight excluding hydrogens is 258 g/mol. The normalized spacial score (nSPS) is 14.8. The van der Waals surface area contributed by atoms with E-state index in [1.54, 1.807) is 0 Å². The molecule has 1 aliphatic heterocycles. The molecule has 0 unspecified atom stereocenters. The second-order valence-corrected chi connectivity index (χ2v) is 5.28. The lowest BCUT2D eigenvalue weighted by Crippen LogP contribution is -2.15. The number of hydrogen-bond acceptors (Lipinski definition) is 3. The zero-order chi connectivity index (χ0) is 13.8. The van der Waals surface area contributed by atoms with Crippen LogP contribution in [0.1, 0.15) is 37.1 Å². The van der Waals surface area contributed by atoms with Gasteiger partial charge in [-0.25, -0.2) is 0 Å². The molecule has 1 N–H and O–H groups in total. The molecule has 0 aliphatic carbocycles. The Morgan fingerprint density at radius 1 is 0.857 bits per heavy atom. The third-order valence-corrected chi connectivity index (χ3v) is 3.46. The van der Waals surface area contributed by atoms with Crippen molar-refractivity contribution in [1.82, 2.24) is 15.3 Å². The van der Waals surface area contributed by atoms with E-state index in [1.165, 1.54) is 5.57 Å². The van der Waals surface area contributed by atoms with E-state index < -0.39 is 0 Å². The van der Waals surface area contributed by atoms with Gasteiger partial charge in [-0.3, -0.25) is 9.97 Å². The van der Waals surface area contributed by atoms with Gasteiger partial charge in [0.25, 0.3) is 0 Å². The predicted octanol–water partition coefficient (Wildman–Crippen LogP) is 3.45. The summed E-state index contributed by atoms with van der Waals surface area (Å²) in [5.41, 5.74) is 5.78. The van der Waals surface area contributed by atoms with Crippen molar-refractivity contribution in [1.29, 1.82) is 0 Å². The van der Waals surface area contributed by atoms with Gasteiger partial charge < -0.3 is 5.32 Å². The molecule has 0 amide bonds. The van der Waals surface area contributed by atoms with Crippen molar-refractivity contribution in [2.75, 3.05) is 0 Å². The molecule has 4 bridgehead atoms. The van der Waals surface area contributed by atoms with E-state index in [9.17, 15) is 0 Å². The molecular formula is C18H23N3. The molecule has 2 aromatic heterocycles. The van der Waals surface area contributed by atoms with E-state index >= 15 is 0 Å². The molecule has 0 saturated carbocycles. The van der Waals surface area contributed by atoms with Crippen LogP contribution < -0.4 is 5.32 Å². The lowest BCUT2D eigenvalue weighted by Gasteiger charge is -2.06. The van der Waals surface area contributed by atoms with Crippen molar-refractivity contribution in [3.05, 3.63) is 70.8 Å². The summed E-state index contributed by atoms with van der Waals surface area (Å²) in [5.74, 6) is 0. The molecule has 0 spiro atoms. The first kappa shape index (κ1) is 15.4. The average Bonchev–Trinajstić information content (AvgIpc) is 2.46. The number of nitrogens with one attached hydrogen (secondary N) is 1. The van der Waals surface area contributed by atoms with Gasteiger partial charge in [-0.1, -0.05) is 31.2 Å². The molecule has 21 heavy (non-hydrogen) atoms. The first-order valence-electron chi connectivity index (χ1n) is 7.05. The molecule has 0 fully saturated rings. The van der Waals surface area contributed by atoms with Crippen LogP contribution in [0.4, 0.5) is 0 Å². The van der Waals surface area contributed by atoms with Crippen LogP contribution in [0.25, 0.3) is 0 Å². The Balaban J connectivity index is 0.00000161. The van der Waals surface area contributed by atoms with E-state index in [-0.39, 0.29) is 7.43 Å². The van der Waals surface area contributed by atoms with Gasteiger partial charge >= 0.3 is 0 Å². The number of pyridine rings is 2. The molecule has 3 heterocycles. The van der Waals surface area contributed by atoms with Crippen LogP contribution in [0.3, 0.4) is 0 Å². The van der Waals surface area contributed by atoms with Crippen molar-refractivity contribution in [2.45, 2.75) is 40.3 Å². The van der Waals surface area contributed by atoms with Gasteiger partial charge in [-0.2, -0.15) is 0 Å². The van der Waals surface area contributed by atoms with Gasteiger partial charge in [0.05, 0.1) is 11.4 Å². The molecule has 0 aromatic carbocycles. The van der Waals surface area contributed by atoms with Crippen LogP contribution in [-0.4, -0.2) is 9.97 Å². The van der Waals surface area contributed by atoms with Gasteiger partial charge in [0, 0.05) is 37.3 Å². The Bertz CT molecular complexity index is 632. The Morgan fingerprint density at radius 2 is 1.43 bits per heavy atom. The molecule has 0 atom stereocenters. The van der Waals surface area contributed by atoms with E-state index in [2.05, 4.69) is 59.7 Å². The van der Waals surface area contributed by atoms with Crippen LogP contribution in [0.2, 0.25) is 0 Å². The summed E-state index contributed by atoms with van der Waals surface area (Å²) < 4.78 is 0. The summed E-state index contributed by atoms with van der Waals surface area (Å²) in [4.78, 5) is 9.37. The molecule has 0 saturated heterocycles. The minimum Gasteiger partial charge on any atom is -0.306 e. The number of rotatable bonds is 0. The Hall–Kier alpha value is -2.00. The first-order valence-corrected chi connectivity index (χ1v) is 7.05. The largest absolute Gasteiger partial charge is 0.306 e. The highest BCUT2D eigenvalue weighted by Crippen LogP contribution is 2.10. The number of aromatic nitrogens is 2. The highest BCUT2D eigenvalue weighted by molar-refractivity contribution is 5.20. The highest BCUT2D eigenvalue weighted by Gasteiger charge is 2.03. The van der Waals surface area contributed by atoms with Crippen LogP contribution >= 0.6 is 0 Å². The van der Waals surface area contributed by atoms with Gasteiger partial charge in [0.2, 0.25) is 0 Å². The number of allylic oxidation sites excluding steroid dienone is 2. The lowest BCUT2D eigenvalue weighted by atomic mass is 10.1.